The standard InChI is InChI=1S/C29H34FN7O/c1-19(2)36-27(38)23-17-32-28(33-22-10-9-20-6-3-4-14-31-15-11-21(20)16-22)35-26(23)37(36)25-8-5-7-24(34-25)29(18-30)12-13-29/h5,7-10,16-17,19,31H,3-4,6,11-15,18H2,1-2H3,(H,32,33,35). The summed E-state index contributed by atoms with van der Waals surface area (Å²) in [5, 5.41) is 7.28. The average Bonchev–Trinajstić information content (AvgIpc) is 3.65. The summed E-state index contributed by atoms with van der Waals surface area (Å²) < 4.78 is 17.2. The van der Waals surface area contributed by atoms with Crippen LogP contribution < -0.4 is 16.2 Å². The van der Waals surface area contributed by atoms with Crippen molar-refractivity contribution in [2.24, 2.45) is 0 Å². The highest BCUT2D eigenvalue weighted by Gasteiger charge is 2.46. The van der Waals surface area contributed by atoms with Crippen molar-refractivity contribution >= 4 is 22.7 Å². The first-order valence-electron chi connectivity index (χ1n) is 13.6. The van der Waals surface area contributed by atoms with Crippen molar-refractivity contribution in [2.45, 2.75) is 63.8 Å². The topological polar surface area (TPSA) is 89.7 Å². The fraction of sp³-hybridized carbons (Fsp3) is 0.448. The number of anilines is 2. The summed E-state index contributed by atoms with van der Waals surface area (Å²) in [6.45, 7) is 5.50. The molecule has 1 aliphatic heterocycles. The number of aromatic nitrogens is 5. The third-order valence-electron chi connectivity index (χ3n) is 7.80. The Morgan fingerprint density at radius 2 is 1.95 bits per heavy atom. The Morgan fingerprint density at radius 3 is 2.74 bits per heavy atom. The Labute approximate surface area is 221 Å². The van der Waals surface area contributed by atoms with E-state index in [1.165, 1.54) is 24.0 Å². The third kappa shape index (κ3) is 4.49. The number of rotatable bonds is 6. The Hall–Kier alpha value is -3.59. The van der Waals surface area contributed by atoms with Gasteiger partial charge in [-0.15, -0.1) is 0 Å². The third-order valence-corrected chi connectivity index (χ3v) is 7.80. The predicted molar refractivity (Wildman–Crippen MR) is 147 cm³/mol. The normalized spacial score (nSPS) is 17.1. The van der Waals surface area contributed by atoms with Crippen molar-refractivity contribution in [1.29, 1.82) is 0 Å². The van der Waals surface area contributed by atoms with E-state index in [-0.39, 0.29) is 11.6 Å². The molecule has 1 fully saturated rings. The minimum Gasteiger partial charge on any atom is -0.324 e. The lowest BCUT2D eigenvalue weighted by Gasteiger charge is -2.17. The quantitative estimate of drug-likeness (QED) is 0.385. The Kier molecular flexibility index (Phi) is 6.47. The molecule has 198 valence electrons. The van der Waals surface area contributed by atoms with E-state index in [9.17, 15) is 9.18 Å². The molecule has 1 saturated carbocycles. The molecule has 0 saturated heterocycles. The van der Waals surface area contributed by atoms with Gasteiger partial charge in [-0.3, -0.25) is 9.18 Å². The van der Waals surface area contributed by atoms with Gasteiger partial charge in [0.15, 0.2) is 11.5 Å². The molecule has 1 aromatic carbocycles. The predicted octanol–water partition coefficient (Wildman–Crippen LogP) is 4.77. The van der Waals surface area contributed by atoms with Gasteiger partial charge in [0.2, 0.25) is 5.95 Å². The molecule has 2 aliphatic rings. The molecule has 1 aliphatic carbocycles. The fourth-order valence-electron chi connectivity index (χ4n) is 5.41. The van der Waals surface area contributed by atoms with Crippen LogP contribution in [0.4, 0.5) is 16.0 Å². The molecule has 38 heavy (non-hydrogen) atoms. The molecule has 4 heterocycles. The molecule has 0 spiro atoms. The number of alkyl halides is 1. The van der Waals surface area contributed by atoms with Crippen molar-refractivity contribution in [3.8, 4) is 5.82 Å². The van der Waals surface area contributed by atoms with E-state index < -0.39 is 12.1 Å². The zero-order chi connectivity index (χ0) is 26.3. The number of aryl methyl sites for hydroxylation is 1. The molecular weight excluding hydrogens is 481 g/mol. The minimum atomic E-state index is -0.498. The summed E-state index contributed by atoms with van der Waals surface area (Å²) >= 11 is 0. The molecule has 9 heteroatoms. The van der Waals surface area contributed by atoms with Crippen LogP contribution in [0.1, 0.15) is 62.4 Å². The van der Waals surface area contributed by atoms with Gasteiger partial charge in [-0.25, -0.2) is 19.3 Å². The van der Waals surface area contributed by atoms with E-state index >= 15 is 0 Å². The fourth-order valence-corrected chi connectivity index (χ4v) is 5.41. The van der Waals surface area contributed by atoms with Crippen molar-refractivity contribution in [1.82, 2.24) is 29.6 Å². The monoisotopic (exact) mass is 515 g/mol. The van der Waals surface area contributed by atoms with Crippen LogP contribution in [0.15, 0.2) is 47.4 Å². The van der Waals surface area contributed by atoms with Crippen molar-refractivity contribution in [3.05, 3.63) is 69.8 Å². The second kappa shape index (κ2) is 9.94. The van der Waals surface area contributed by atoms with Crippen LogP contribution in [0.25, 0.3) is 16.9 Å². The number of nitrogens with zero attached hydrogens (tertiary/aromatic N) is 5. The molecule has 3 aromatic heterocycles. The number of benzene rings is 1. The van der Waals surface area contributed by atoms with Gasteiger partial charge in [0.1, 0.15) is 12.1 Å². The molecule has 6 rings (SSSR count). The molecule has 0 radical (unpaired) electrons. The van der Waals surface area contributed by atoms with Crippen LogP contribution in [-0.2, 0) is 18.3 Å². The van der Waals surface area contributed by atoms with Crippen LogP contribution in [0.3, 0.4) is 0 Å². The van der Waals surface area contributed by atoms with Gasteiger partial charge < -0.3 is 10.6 Å². The summed E-state index contributed by atoms with van der Waals surface area (Å²) in [4.78, 5) is 27.5. The number of nitrogens with one attached hydrogen (secondary N) is 2. The van der Waals surface area contributed by atoms with E-state index in [2.05, 4.69) is 33.8 Å². The lowest BCUT2D eigenvalue weighted by atomic mass is 9.99. The van der Waals surface area contributed by atoms with Crippen LogP contribution in [-0.4, -0.2) is 44.1 Å². The molecule has 4 aromatic rings. The number of hydrogen-bond donors (Lipinski definition) is 2. The first-order valence-corrected chi connectivity index (χ1v) is 13.6. The largest absolute Gasteiger partial charge is 0.324 e. The molecule has 8 nitrogen and oxygen atoms in total. The minimum absolute atomic E-state index is 0.138. The highest BCUT2D eigenvalue weighted by atomic mass is 19.1. The van der Waals surface area contributed by atoms with Crippen LogP contribution in [0.2, 0.25) is 0 Å². The Morgan fingerprint density at radius 1 is 1.08 bits per heavy atom. The molecular formula is C29H34FN7O. The smallest absolute Gasteiger partial charge is 0.278 e. The van der Waals surface area contributed by atoms with Gasteiger partial charge in [-0.2, -0.15) is 4.98 Å². The second-order valence-electron chi connectivity index (χ2n) is 10.8. The van der Waals surface area contributed by atoms with Gasteiger partial charge >= 0.3 is 0 Å². The maximum Gasteiger partial charge on any atom is 0.278 e. The summed E-state index contributed by atoms with van der Waals surface area (Å²) in [6, 6.07) is 11.9. The summed E-state index contributed by atoms with van der Waals surface area (Å²) in [5.41, 5.74) is 4.16. The molecule has 2 N–H and O–H groups in total. The number of pyridine rings is 1. The van der Waals surface area contributed by atoms with E-state index in [0.717, 1.165) is 50.2 Å². The summed E-state index contributed by atoms with van der Waals surface area (Å²) in [7, 11) is 0. The van der Waals surface area contributed by atoms with Crippen LogP contribution in [0, 0.1) is 0 Å². The first-order chi connectivity index (χ1) is 18.5. The van der Waals surface area contributed by atoms with E-state index in [4.69, 9.17) is 9.97 Å². The number of fused-ring (bicyclic) bond motifs is 2. The molecule has 0 atom stereocenters. The number of hydrogen-bond acceptors (Lipinski definition) is 6. The average molecular weight is 516 g/mol. The molecule has 0 bridgehead atoms. The van der Waals surface area contributed by atoms with E-state index in [1.807, 2.05) is 32.0 Å². The molecule has 0 unspecified atom stereocenters. The maximum absolute atomic E-state index is 13.8. The lowest BCUT2D eigenvalue weighted by molar-refractivity contribution is 0.410. The van der Waals surface area contributed by atoms with Crippen LogP contribution >= 0.6 is 0 Å². The van der Waals surface area contributed by atoms with Crippen molar-refractivity contribution in [2.75, 3.05) is 25.1 Å². The lowest BCUT2D eigenvalue weighted by Crippen LogP contribution is -2.25. The van der Waals surface area contributed by atoms with Gasteiger partial charge in [0.05, 0.1) is 5.69 Å². The highest BCUT2D eigenvalue weighted by Crippen LogP contribution is 2.47. The zero-order valence-corrected chi connectivity index (χ0v) is 22.0. The second-order valence-corrected chi connectivity index (χ2v) is 10.8. The highest BCUT2D eigenvalue weighted by molar-refractivity contribution is 5.77. The first kappa shape index (κ1) is 24.7. The van der Waals surface area contributed by atoms with Gasteiger partial charge in [0.25, 0.3) is 5.56 Å². The van der Waals surface area contributed by atoms with E-state index in [1.54, 1.807) is 15.6 Å². The van der Waals surface area contributed by atoms with Crippen LogP contribution in [0.5, 0.6) is 0 Å². The van der Waals surface area contributed by atoms with E-state index in [0.29, 0.717) is 22.8 Å². The van der Waals surface area contributed by atoms with Crippen molar-refractivity contribution in [3.63, 3.8) is 0 Å². The Balaban J connectivity index is 1.40. The van der Waals surface area contributed by atoms with Gasteiger partial charge in [-0.05, 0) is 101 Å². The Bertz CT molecular complexity index is 1540. The van der Waals surface area contributed by atoms with Gasteiger partial charge in [0, 0.05) is 23.3 Å². The van der Waals surface area contributed by atoms with Crippen molar-refractivity contribution < 1.29 is 4.39 Å². The maximum atomic E-state index is 13.8. The number of halogens is 1. The molecule has 0 amide bonds. The zero-order valence-electron chi connectivity index (χ0n) is 22.0. The summed E-state index contributed by atoms with van der Waals surface area (Å²) in [6.07, 6.45) is 7.59. The van der Waals surface area contributed by atoms with Gasteiger partial charge in [-0.1, -0.05) is 12.1 Å². The summed E-state index contributed by atoms with van der Waals surface area (Å²) in [5.74, 6) is 0.962. The SMILES string of the molecule is CC(C)n1c(=O)c2cnc(Nc3ccc4c(c3)CCNCCCC4)nc2n1-c1cccc(C2(CF)CC2)n1.